The smallest absolute Gasteiger partial charge is 0.163 e. The van der Waals surface area contributed by atoms with Crippen LogP contribution in [0, 0.1) is 11.8 Å². The number of anilines is 1. The van der Waals surface area contributed by atoms with Crippen molar-refractivity contribution in [2.75, 3.05) is 18.5 Å². The molecule has 4 aromatic rings. The van der Waals surface area contributed by atoms with E-state index in [2.05, 4.69) is 57.2 Å². The van der Waals surface area contributed by atoms with Crippen molar-refractivity contribution in [2.24, 2.45) is 11.8 Å². The minimum atomic E-state index is -0.629. The van der Waals surface area contributed by atoms with Crippen LogP contribution in [0.5, 0.6) is 5.75 Å². The minimum absolute atomic E-state index is 0.0447. The number of fused-ring (bicyclic) bond motifs is 3. The van der Waals surface area contributed by atoms with E-state index >= 15 is 0 Å². The average Bonchev–Trinajstić information content (AvgIpc) is 3.45. The van der Waals surface area contributed by atoms with Gasteiger partial charge in [-0.3, -0.25) is 0 Å². The normalized spacial score (nSPS) is 26.2. The van der Waals surface area contributed by atoms with Gasteiger partial charge in [0, 0.05) is 35.5 Å². The molecule has 8 nitrogen and oxygen atoms in total. The molecule has 2 aliphatic carbocycles. The quantitative estimate of drug-likeness (QED) is 0.332. The number of rotatable bonds is 8. The van der Waals surface area contributed by atoms with Gasteiger partial charge in [0.15, 0.2) is 5.79 Å². The van der Waals surface area contributed by atoms with Gasteiger partial charge >= 0.3 is 0 Å². The topological polar surface area (TPSA) is 83.3 Å². The lowest BCUT2D eigenvalue weighted by Gasteiger charge is -2.24. The fraction of sp³-hybridized carbons (Fsp3) is 0.500. The second-order valence-corrected chi connectivity index (χ2v) is 11.4. The van der Waals surface area contributed by atoms with Gasteiger partial charge < -0.3 is 24.1 Å². The van der Waals surface area contributed by atoms with Crippen molar-refractivity contribution < 1.29 is 14.2 Å². The Kier molecular flexibility index (Phi) is 5.78. The number of hydrogen-bond donors (Lipinski definition) is 1. The Morgan fingerprint density at radius 3 is 2.76 bits per heavy atom. The molecule has 3 aliphatic rings. The van der Waals surface area contributed by atoms with Crippen LogP contribution in [-0.2, 0) is 15.9 Å². The molecular weight excluding hydrogens is 478 g/mol. The number of pyridine rings is 1. The van der Waals surface area contributed by atoms with E-state index in [1.807, 2.05) is 26.0 Å². The highest BCUT2D eigenvalue weighted by Gasteiger charge is 2.55. The lowest BCUT2D eigenvalue weighted by molar-refractivity contribution is -0.161. The summed E-state index contributed by atoms with van der Waals surface area (Å²) >= 11 is 0. The molecule has 8 heteroatoms. The Bertz CT molecular complexity index is 1480. The van der Waals surface area contributed by atoms with Crippen molar-refractivity contribution in [1.29, 1.82) is 0 Å². The van der Waals surface area contributed by atoms with Crippen molar-refractivity contribution in [3.8, 4) is 5.75 Å². The number of nitrogens with one attached hydrogen (secondary N) is 1. The van der Waals surface area contributed by atoms with Gasteiger partial charge in [-0.05, 0) is 75.8 Å². The van der Waals surface area contributed by atoms with E-state index in [4.69, 9.17) is 19.2 Å². The molecule has 0 spiro atoms. The van der Waals surface area contributed by atoms with Crippen LogP contribution in [0.4, 0.5) is 5.82 Å². The third-order valence-corrected chi connectivity index (χ3v) is 8.23. The molecule has 0 bridgehead atoms. The predicted molar refractivity (Wildman–Crippen MR) is 146 cm³/mol. The van der Waals surface area contributed by atoms with Gasteiger partial charge in [-0.2, -0.15) is 0 Å². The highest BCUT2D eigenvalue weighted by atomic mass is 16.8. The zero-order valence-corrected chi connectivity index (χ0v) is 22.3. The Labute approximate surface area is 222 Å². The van der Waals surface area contributed by atoms with Crippen molar-refractivity contribution in [1.82, 2.24) is 19.5 Å². The van der Waals surface area contributed by atoms with Crippen LogP contribution in [0.2, 0.25) is 0 Å². The molecule has 0 radical (unpaired) electrons. The van der Waals surface area contributed by atoms with E-state index in [9.17, 15) is 0 Å². The van der Waals surface area contributed by atoms with Gasteiger partial charge in [0.05, 0.1) is 30.0 Å². The molecule has 1 aliphatic heterocycles. The third-order valence-electron chi connectivity index (χ3n) is 8.23. The van der Waals surface area contributed by atoms with Crippen LogP contribution in [-0.4, -0.2) is 50.7 Å². The molecule has 1 aromatic carbocycles. The van der Waals surface area contributed by atoms with E-state index in [-0.39, 0.29) is 24.2 Å². The molecule has 4 heterocycles. The van der Waals surface area contributed by atoms with E-state index in [1.54, 1.807) is 6.33 Å². The van der Waals surface area contributed by atoms with Crippen molar-refractivity contribution in [3.63, 3.8) is 0 Å². The second kappa shape index (κ2) is 9.20. The maximum atomic E-state index is 6.45. The fourth-order valence-electron chi connectivity index (χ4n) is 6.12. The second-order valence-electron chi connectivity index (χ2n) is 11.4. The Hall–Kier alpha value is -3.23. The molecule has 1 N–H and O–H groups in total. The first-order chi connectivity index (χ1) is 18.5. The summed E-state index contributed by atoms with van der Waals surface area (Å²) in [5.41, 5.74) is 2.97. The van der Waals surface area contributed by atoms with Gasteiger partial charge in [-0.1, -0.05) is 6.92 Å². The number of aryl methyl sites for hydroxylation is 1. The maximum Gasteiger partial charge on any atom is 0.163 e. The zero-order chi connectivity index (χ0) is 25.9. The Morgan fingerprint density at radius 1 is 1.08 bits per heavy atom. The number of aromatic nitrogens is 4. The lowest BCUT2D eigenvalue weighted by Crippen LogP contribution is -2.29. The molecule has 0 amide bonds. The molecule has 3 aromatic heterocycles. The zero-order valence-electron chi connectivity index (χ0n) is 22.3. The number of hydrogen-bond acceptors (Lipinski definition) is 7. The summed E-state index contributed by atoms with van der Waals surface area (Å²) < 4.78 is 21.5. The largest absolute Gasteiger partial charge is 0.493 e. The third kappa shape index (κ3) is 4.39. The van der Waals surface area contributed by atoms with Crippen molar-refractivity contribution in [3.05, 3.63) is 54.6 Å². The molecular formula is C30H35N5O3. The van der Waals surface area contributed by atoms with Gasteiger partial charge in [-0.25, -0.2) is 15.0 Å². The van der Waals surface area contributed by atoms with E-state index < -0.39 is 5.79 Å². The van der Waals surface area contributed by atoms with Gasteiger partial charge in [0.25, 0.3) is 0 Å². The molecule has 198 valence electrons. The van der Waals surface area contributed by atoms with Crippen molar-refractivity contribution in [2.45, 2.75) is 70.5 Å². The molecule has 38 heavy (non-hydrogen) atoms. The average molecular weight is 514 g/mol. The van der Waals surface area contributed by atoms with Crippen LogP contribution in [0.1, 0.15) is 51.8 Å². The summed E-state index contributed by atoms with van der Waals surface area (Å²) in [5.74, 6) is 2.12. The summed E-state index contributed by atoms with van der Waals surface area (Å²) in [7, 11) is 0. The van der Waals surface area contributed by atoms with Crippen LogP contribution in [0.15, 0.2) is 48.9 Å². The minimum Gasteiger partial charge on any atom is -0.493 e. The molecule has 2 saturated carbocycles. The summed E-state index contributed by atoms with van der Waals surface area (Å²) in [6, 6.07) is 12.6. The summed E-state index contributed by atoms with van der Waals surface area (Å²) in [4.78, 5) is 13.9. The van der Waals surface area contributed by atoms with Crippen molar-refractivity contribution >= 4 is 27.8 Å². The first-order valence-corrected chi connectivity index (χ1v) is 13.9. The van der Waals surface area contributed by atoms with Crippen LogP contribution >= 0.6 is 0 Å². The highest BCUT2D eigenvalue weighted by molar-refractivity contribution is 5.81. The highest BCUT2D eigenvalue weighted by Crippen LogP contribution is 2.48. The first-order valence-electron chi connectivity index (χ1n) is 13.9. The molecule has 3 fully saturated rings. The lowest BCUT2D eigenvalue weighted by atomic mass is 10.1. The van der Waals surface area contributed by atoms with Crippen LogP contribution in [0.25, 0.3) is 21.9 Å². The number of ether oxygens (including phenoxy) is 3. The first kappa shape index (κ1) is 23.9. The Balaban J connectivity index is 1.11. The standard InChI is InChI=1S/C30H35N5O3/c1-4-23-22-11-12-35(29(22)33-17-32-23)25-13-20(27-28(25)38-30(2,3)37-27)16-36-21-9-7-19-8-10-26(34-24(19)14-21)31-15-18-5-6-18/h7-12,14,17-18,20,25,27-28H,4-6,13,15-16H2,1-3H3,(H,31,34)/t20-,25-,27-,28+/m1/s1. The summed E-state index contributed by atoms with van der Waals surface area (Å²) in [5, 5.41) is 5.69. The fourth-order valence-corrected chi connectivity index (χ4v) is 6.12. The number of nitrogens with zero attached hydrogens (tertiary/aromatic N) is 4. The molecule has 0 unspecified atom stereocenters. The number of benzene rings is 1. The van der Waals surface area contributed by atoms with Crippen LogP contribution in [0.3, 0.4) is 0 Å². The van der Waals surface area contributed by atoms with Crippen LogP contribution < -0.4 is 10.1 Å². The summed E-state index contributed by atoms with van der Waals surface area (Å²) in [6.45, 7) is 7.67. The van der Waals surface area contributed by atoms with E-state index in [1.165, 1.54) is 12.8 Å². The molecule has 4 atom stereocenters. The van der Waals surface area contributed by atoms with Gasteiger partial charge in [0.1, 0.15) is 29.6 Å². The SMILES string of the molecule is CCc1ncnc2c1ccn2[C@@H]1C[C@H](COc2ccc3ccc(NCC4CC4)nc3c2)[C@H]2OC(C)(C)O[C@H]21. The Morgan fingerprint density at radius 2 is 1.92 bits per heavy atom. The van der Waals surface area contributed by atoms with Gasteiger partial charge in [-0.15, -0.1) is 0 Å². The summed E-state index contributed by atoms with van der Waals surface area (Å²) in [6.07, 6.45) is 8.10. The molecule has 1 saturated heterocycles. The van der Waals surface area contributed by atoms with Gasteiger partial charge in [0.2, 0.25) is 0 Å². The predicted octanol–water partition coefficient (Wildman–Crippen LogP) is 5.52. The van der Waals surface area contributed by atoms with E-state index in [0.29, 0.717) is 6.61 Å². The maximum absolute atomic E-state index is 6.45. The van der Waals surface area contributed by atoms with E-state index in [0.717, 1.165) is 64.5 Å². The monoisotopic (exact) mass is 513 g/mol. The molecule has 7 rings (SSSR count).